The number of hydrogen-bond acceptors (Lipinski definition) is 1. The van der Waals surface area contributed by atoms with E-state index in [4.69, 9.17) is 0 Å². The zero-order valence-electron chi connectivity index (χ0n) is 8.89. The number of rotatable bonds is 6. The average Bonchev–Trinajstić information content (AvgIpc) is 2.81. The molecular weight excluding hydrogens is 158 g/mol. The number of hydrogen-bond donors (Lipinski definition) is 1. The van der Waals surface area contributed by atoms with Crippen molar-refractivity contribution < 1.29 is 0 Å². The van der Waals surface area contributed by atoms with Gasteiger partial charge in [-0.3, -0.25) is 0 Å². The molecule has 0 aromatic heterocycles. The van der Waals surface area contributed by atoms with Gasteiger partial charge in [0, 0.05) is 6.04 Å². The molecule has 2 rings (SSSR count). The van der Waals surface area contributed by atoms with Crippen LogP contribution in [-0.2, 0) is 0 Å². The Morgan fingerprint density at radius 3 is 2.46 bits per heavy atom. The summed E-state index contributed by atoms with van der Waals surface area (Å²) in [5.41, 5.74) is 0. The first-order chi connectivity index (χ1) is 6.34. The Balaban J connectivity index is 1.47. The van der Waals surface area contributed by atoms with Crippen LogP contribution >= 0.6 is 0 Å². The molecule has 0 saturated heterocycles. The van der Waals surface area contributed by atoms with Gasteiger partial charge in [0.15, 0.2) is 0 Å². The second-order valence-electron chi connectivity index (χ2n) is 5.12. The van der Waals surface area contributed by atoms with Crippen molar-refractivity contribution >= 4 is 0 Å². The molecule has 2 fully saturated rings. The van der Waals surface area contributed by atoms with Crippen molar-refractivity contribution in [1.29, 1.82) is 0 Å². The summed E-state index contributed by atoms with van der Waals surface area (Å²) in [5.74, 6) is 2.15. The van der Waals surface area contributed by atoms with E-state index in [2.05, 4.69) is 12.2 Å². The Morgan fingerprint density at radius 2 is 1.92 bits per heavy atom. The quantitative estimate of drug-likeness (QED) is 0.664. The summed E-state index contributed by atoms with van der Waals surface area (Å²) in [4.78, 5) is 0. The second-order valence-corrected chi connectivity index (χ2v) is 5.12. The summed E-state index contributed by atoms with van der Waals surface area (Å²) in [6.45, 7) is 3.61. The van der Waals surface area contributed by atoms with Gasteiger partial charge in [0.2, 0.25) is 0 Å². The van der Waals surface area contributed by atoms with Crippen molar-refractivity contribution in [1.82, 2.24) is 5.32 Å². The SMILES string of the molecule is CC(CC1CCC1)NCCC1CC1. The van der Waals surface area contributed by atoms with E-state index in [1.165, 1.54) is 51.5 Å². The van der Waals surface area contributed by atoms with Gasteiger partial charge in [-0.25, -0.2) is 0 Å². The minimum atomic E-state index is 0.768. The van der Waals surface area contributed by atoms with Gasteiger partial charge in [-0.2, -0.15) is 0 Å². The van der Waals surface area contributed by atoms with Crippen LogP contribution in [-0.4, -0.2) is 12.6 Å². The molecule has 1 heteroatoms. The molecule has 0 bridgehead atoms. The predicted octanol–water partition coefficient (Wildman–Crippen LogP) is 2.95. The third kappa shape index (κ3) is 3.30. The van der Waals surface area contributed by atoms with Gasteiger partial charge >= 0.3 is 0 Å². The zero-order valence-corrected chi connectivity index (χ0v) is 8.89. The summed E-state index contributed by atoms with van der Waals surface area (Å²) in [5, 5.41) is 3.65. The fraction of sp³-hybridized carbons (Fsp3) is 1.00. The fourth-order valence-corrected chi connectivity index (χ4v) is 2.25. The van der Waals surface area contributed by atoms with E-state index in [9.17, 15) is 0 Å². The smallest absolute Gasteiger partial charge is 0.00413 e. The Bertz CT molecular complexity index is 147. The lowest BCUT2D eigenvalue weighted by atomic mass is 9.81. The standard InChI is InChI=1S/C12H23N/c1-10(9-12-3-2-4-12)13-8-7-11-5-6-11/h10-13H,2-9H2,1H3. The van der Waals surface area contributed by atoms with Crippen LogP contribution in [0.4, 0.5) is 0 Å². The molecule has 0 aromatic rings. The third-order valence-corrected chi connectivity index (χ3v) is 3.65. The first-order valence-corrected chi connectivity index (χ1v) is 6.08. The molecule has 0 aliphatic heterocycles. The average molecular weight is 181 g/mol. The van der Waals surface area contributed by atoms with Crippen LogP contribution in [0.25, 0.3) is 0 Å². The maximum Gasteiger partial charge on any atom is 0.00413 e. The molecule has 76 valence electrons. The van der Waals surface area contributed by atoms with E-state index in [1.54, 1.807) is 0 Å². The number of nitrogens with one attached hydrogen (secondary N) is 1. The van der Waals surface area contributed by atoms with Crippen LogP contribution in [0.15, 0.2) is 0 Å². The molecule has 0 amide bonds. The highest BCUT2D eigenvalue weighted by molar-refractivity contribution is 4.77. The molecule has 2 aliphatic carbocycles. The third-order valence-electron chi connectivity index (χ3n) is 3.65. The minimum Gasteiger partial charge on any atom is -0.314 e. The molecule has 0 aromatic carbocycles. The summed E-state index contributed by atoms with van der Waals surface area (Å²) >= 11 is 0. The van der Waals surface area contributed by atoms with Crippen LogP contribution in [0, 0.1) is 11.8 Å². The monoisotopic (exact) mass is 181 g/mol. The van der Waals surface area contributed by atoms with E-state index >= 15 is 0 Å². The summed E-state index contributed by atoms with van der Waals surface area (Å²) in [6.07, 6.45) is 10.3. The van der Waals surface area contributed by atoms with E-state index in [-0.39, 0.29) is 0 Å². The minimum absolute atomic E-state index is 0.768. The fourth-order valence-electron chi connectivity index (χ4n) is 2.25. The van der Waals surface area contributed by atoms with E-state index in [0.717, 1.165) is 17.9 Å². The van der Waals surface area contributed by atoms with Crippen molar-refractivity contribution in [2.75, 3.05) is 6.54 Å². The van der Waals surface area contributed by atoms with Crippen molar-refractivity contribution in [3.05, 3.63) is 0 Å². The lowest BCUT2D eigenvalue weighted by molar-refractivity contribution is 0.265. The van der Waals surface area contributed by atoms with Crippen LogP contribution < -0.4 is 5.32 Å². The summed E-state index contributed by atoms with van der Waals surface area (Å²) in [7, 11) is 0. The Hall–Kier alpha value is -0.0400. The van der Waals surface area contributed by atoms with Crippen molar-refractivity contribution in [2.24, 2.45) is 11.8 Å². The lowest BCUT2D eigenvalue weighted by Gasteiger charge is -2.28. The zero-order chi connectivity index (χ0) is 9.10. The molecule has 1 atom stereocenters. The topological polar surface area (TPSA) is 12.0 Å². The van der Waals surface area contributed by atoms with Gasteiger partial charge in [-0.1, -0.05) is 32.1 Å². The molecule has 1 N–H and O–H groups in total. The highest BCUT2D eigenvalue weighted by atomic mass is 14.9. The van der Waals surface area contributed by atoms with E-state index < -0.39 is 0 Å². The maximum absolute atomic E-state index is 3.65. The molecule has 2 saturated carbocycles. The molecule has 13 heavy (non-hydrogen) atoms. The van der Waals surface area contributed by atoms with Crippen LogP contribution in [0.2, 0.25) is 0 Å². The van der Waals surface area contributed by atoms with Gasteiger partial charge in [0.05, 0.1) is 0 Å². The van der Waals surface area contributed by atoms with Crippen LogP contribution in [0.5, 0.6) is 0 Å². The van der Waals surface area contributed by atoms with E-state index in [1.807, 2.05) is 0 Å². The Labute approximate surface area is 82.3 Å². The summed E-state index contributed by atoms with van der Waals surface area (Å²) < 4.78 is 0. The van der Waals surface area contributed by atoms with Gasteiger partial charge in [0.1, 0.15) is 0 Å². The molecular formula is C12H23N. The van der Waals surface area contributed by atoms with Gasteiger partial charge in [-0.15, -0.1) is 0 Å². The van der Waals surface area contributed by atoms with Crippen LogP contribution in [0.1, 0.15) is 51.9 Å². The second kappa shape index (κ2) is 4.45. The van der Waals surface area contributed by atoms with Crippen LogP contribution in [0.3, 0.4) is 0 Å². The predicted molar refractivity (Wildman–Crippen MR) is 56.8 cm³/mol. The molecule has 1 unspecified atom stereocenters. The first kappa shape index (κ1) is 9.51. The molecule has 1 nitrogen and oxygen atoms in total. The van der Waals surface area contributed by atoms with Crippen molar-refractivity contribution in [3.8, 4) is 0 Å². The van der Waals surface area contributed by atoms with Gasteiger partial charge < -0.3 is 5.32 Å². The normalized spacial score (nSPS) is 25.6. The maximum atomic E-state index is 3.65. The van der Waals surface area contributed by atoms with Gasteiger partial charge in [-0.05, 0) is 38.1 Å². The molecule has 0 radical (unpaired) electrons. The molecule has 0 heterocycles. The van der Waals surface area contributed by atoms with Crippen molar-refractivity contribution in [3.63, 3.8) is 0 Å². The Morgan fingerprint density at radius 1 is 1.15 bits per heavy atom. The highest BCUT2D eigenvalue weighted by Gasteiger charge is 2.22. The highest BCUT2D eigenvalue weighted by Crippen LogP contribution is 2.32. The van der Waals surface area contributed by atoms with E-state index in [0.29, 0.717) is 0 Å². The largest absolute Gasteiger partial charge is 0.314 e. The van der Waals surface area contributed by atoms with Crippen molar-refractivity contribution in [2.45, 2.75) is 57.9 Å². The van der Waals surface area contributed by atoms with Gasteiger partial charge in [0.25, 0.3) is 0 Å². The molecule has 0 spiro atoms. The summed E-state index contributed by atoms with van der Waals surface area (Å²) in [6, 6.07) is 0.768. The lowest BCUT2D eigenvalue weighted by Crippen LogP contribution is -2.31. The molecule has 2 aliphatic rings. The Kier molecular flexibility index (Phi) is 3.26. The first-order valence-electron chi connectivity index (χ1n) is 6.08.